The van der Waals surface area contributed by atoms with Gasteiger partial charge in [0.1, 0.15) is 0 Å². The Morgan fingerprint density at radius 2 is 1.78 bits per heavy atom. The fraction of sp³-hybridized carbons (Fsp3) is 1.00. The monoisotopic (exact) mass is 170 g/mol. The van der Waals surface area contributed by atoms with Gasteiger partial charge < -0.3 is 0 Å². The summed E-state index contributed by atoms with van der Waals surface area (Å²) < 4.78 is 11.1. The van der Waals surface area contributed by atoms with Gasteiger partial charge in [-0.3, -0.25) is 15.1 Å². The highest BCUT2D eigenvalue weighted by Crippen LogP contribution is 2.13. The molecule has 0 aromatic rings. The first-order valence-corrected chi connectivity index (χ1v) is 8.31. The molecule has 0 aliphatic heterocycles. The fourth-order valence-corrected chi connectivity index (χ4v) is 3.97. The molecule has 0 saturated heterocycles. The van der Waals surface area contributed by atoms with E-state index in [9.17, 15) is 4.21 Å². The van der Waals surface area contributed by atoms with Gasteiger partial charge in [-0.1, -0.05) is 0 Å². The molecule has 0 aromatic heterocycles. The maximum atomic E-state index is 11.1. The molecule has 9 heavy (non-hydrogen) atoms. The average molecular weight is 170 g/mol. The van der Waals surface area contributed by atoms with Gasteiger partial charge in [-0.2, -0.15) is 0 Å². The molecule has 0 spiro atoms. The minimum atomic E-state index is -1.70. The van der Waals surface area contributed by atoms with E-state index in [4.69, 9.17) is 0 Å². The van der Waals surface area contributed by atoms with Crippen molar-refractivity contribution in [2.24, 2.45) is 0 Å². The SMILES string of the molecule is C[SH](C)CC[SH](C)(C)=O. The van der Waals surface area contributed by atoms with Crippen molar-refractivity contribution in [2.45, 2.75) is 0 Å². The lowest BCUT2D eigenvalue weighted by Gasteiger charge is -2.14. The van der Waals surface area contributed by atoms with Crippen molar-refractivity contribution in [3.63, 3.8) is 0 Å². The van der Waals surface area contributed by atoms with Crippen LogP contribution in [0.3, 0.4) is 0 Å². The molecule has 0 aliphatic rings. The molecule has 0 atom stereocenters. The molecule has 0 saturated carbocycles. The summed E-state index contributed by atoms with van der Waals surface area (Å²) in [6, 6.07) is 0. The van der Waals surface area contributed by atoms with Crippen LogP contribution in [0.5, 0.6) is 0 Å². The highest BCUT2D eigenvalue weighted by molar-refractivity contribution is 8.16. The van der Waals surface area contributed by atoms with E-state index in [0.717, 1.165) is 5.75 Å². The third kappa shape index (κ3) is 8.50. The molecule has 0 N–H and O–H groups in total. The second-order valence-electron chi connectivity index (χ2n) is 3.10. The van der Waals surface area contributed by atoms with Crippen LogP contribution in [0.1, 0.15) is 0 Å². The zero-order chi connectivity index (χ0) is 7.49. The molecular weight excluding hydrogens is 152 g/mol. The van der Waals surface area contributed by atoms with Crippen LogP contribution < -0.4 is 0 Å². The Hall–Kier alpha value is 0.500. The molecule has 0 aliphatic carbocycles. The van der Waals surface area contributed by atoms with E-state index in [-0.39, 0.29) is 10.9 Å². The molecule has 0 fully saturated rings. The molecule has 0 amide bonds. The number of hydrogen-bond donors (Lipinski definition) is 2. The van der Waals surface area contributed by atoms with Crippen molar-refractivity contribution in [2.75, 3.05) is 36.5 Å². The minimum Gasteiger partial charge on any atom is -0.285 e. The van der Waals surface area contributed by atoms with Crippen LogP contribution in [0.25, 0.3) is 0 Å². The maximum absolute atomic E-state index is 11.1. The Morgan fingerprint density at radius 1 is 1.33 bits per heavy atom. The maximum Gasteiger partial charge on any atom is 0.00817 e. The highest BCUT2D eigenvalue weighted by atomic mass is 32.2. The summed E-state index contributed by atoms with van der Waals surface area (Å²) in [5, 5.41) is 0. The van der Waals surface area contributed by atoms with Crippen molar-refractivity contribution < 1.29 is 4.21 Å². The van der Waals surface area contributed by atoms with E-state index < -0.39 is 9.93 Å². The second-order valence-corrected chi connectivity index (χ2v) is 9.30. The topological polar surface area (TPSA) is 17.1 Å². The molecule has 3 heteroatoms. The number of rotatable bonds is 3. The van der Waals surface area contributed by atoms with Crippen LogP contribution in [-0.4, -0.2) is 40.7 Å². The lowest BCUT2D eigenvalue weighted by Crippen LogP contribution is -2.14. The largest absolute Gasteiger partial charge is 0.285 e. The van der Waals surface area contributed by atoms with E-state index in [0.29, 0.717) is 0 Å². The Bertz CT molecular complexity index is 114. The van der Waals surface area contributed by atoms with Crippen LogP contribution in [0.4, 0.5) is 0 Å². The van der Waals surface area contributed by atoms with Gasteiger partial charge in [0.05, 0.1) is 0 Å². The van der Waals surface area contributed by atoms with Gasteiger partial charge in [0, 0.05) is 5.75 Å². The molecule has 60 valence electrons. The standard InChI is InChI=1S/C6H18OS2/c1-8(2)5-6-9(3,4)7/h8-9H,5-6H2,1-4H3. The number of hydrogen-bond acceptors (Lipinski definition) is 1. The minimum absolute atomic E-state index is 0.163. The van der Waals surface area contributed by atoms with Gasteiger partial charge in [-0.25, -0.2) is 0 Å². The summed E-state index contributed by atoms with van der Waals surface area (Å²) in [6.07, 6.45) is 8.19. The number of thiol groups is 2. The lowest BCUT2D eigenvalue weighted by molar-refractivity contribution is 0.679. The molecule has 0 bridgehead atoms. The molecule has 0 unspecified atom stereocenters. The van der Waals surface area contributed by atoms with Crippen molar-refractivity contribution >= 4 is 20.8 Å². The lowest BCUT2D eigenvalue weighted by atomic mass is 11.0. The summed E-state index contributed by atoms with van der Waals surface area (Å²) in [4.78, 5) is 0. The van der Waals surface area contributed by atoms with Gasteiger partial charge in [0.15, 0.2) is 0 Å². The normalized spacial score (nSPS) is 15.3. The van der Waals surface area contributed by atoms with Crippen molar-refractivity contribution in [1.82, 2.24) is 0 Å². The molecular formula is C6H18OS2. The van der Waals surface area contributed by atoms with Crippen LogP contribution >= 0.6 is 10.9 Å². The van der Waals surface area contributed by atoms with Crippen molar-refractivity contribution in [3.05, 3.63) is 0 Å². The van der Waals surface area contributed by atoms with Gasteiger partial charge in [0.25, 0.3) is 0 Å². The van der Waals surface area contributed by atoms with Crippen molar-refractivity contribution in [1.29, 1.82) is 0 Å². The molecule has 0 radical (unpaired) electrons. The van der Waals surface area contributed by atoms with Crippen LogP contribution in [0.2, 0.25) is 0 Å². The second kappa shape index (κ2) is 3.62. The Balaban J connectivity index is 3.40. The zero-order valence-electron chi connectivity index (χ0n) is 6.72. The average Bonchev–Trinajstić information content (AvgIpc) is 1.59. The predicted octanol–water partition coefficient (Wildman–Crippen LogP) is 0.524. The molecule has 0 heterocycles. The third-order valence-corrected chi connectivity index (χ3v) is 3.86. The first kappa shape index (κ1) is 9.50. The summed E-state index contributed by atoms with van der Waals surface area (Å²) in [7, 11) is -1.54. The predicted molar refractivity (Wildman–Crippen MR) is 52.0 cm³/mol. The van der Waals surface area contributed by atoms with Crippen LogP contribution in [-0.2, 0) is 9.93 Å². The zero-order valence-corrected chi connectivity index (χ0v) is 8.51. The smallest absolute Gasteiger partial charge is 0.00817 e. The van der Waals surface area contributed by atoms with Gasteiger partial charge in [-0.05, 0) is 30.8 Å². The van der Waals surface area contributed by atoms with E-state index in [1.165, 1.54) is 5.75 Å². The Labute approximate surface area is 62.0 Å². The third-order valence-electron chi connectivity index (χ3n) is 1.09. The van der Waals surface area contributed by atoms with Crippen LogP contribution in [0.15, 0.2) is 0 Å². The van der Waals surface area contributed by atoms with Gasteiger partial charge >= 0.3 is 0 Å². The summed E-state index contributed by atoms with van der Waals surface area (Å²) in [5.41, 5.74) is 0. The molecule has 0 rings (SSSR count). The highest BCUT2D eigenvalue weighted by Gasteiger charge is 1.99. The van der Waals surface area contributed by atoms with E-state index in [2.05, 4.69) is 12.5 Å². The van der Waals surface area contributed by atoms with E-state index >= 15 is 0 Å². The van der Waals surface area contributed by atoms with Crippen LogP contribution in [0, 0.1) is 0 Å². The van der Waals surface area contributed by atoms with Gasteiger partial charge in [0.2, 0.25) is 0 Å². The Kier molecular flexibility index (Phi) is 3.82. The summed E-state index contributed by atoms with van der Waals surface area (Å²) in [6.45, 7) is 0. The Morgan fingerprint density at radius 3 is 1.89 bits per heavy atom. The quantitative estimate of drug-likeness (QED) is 0.591. The first-order valence-electron chi connectivity index (χ1n) is 3.10. The fourth-order valence-electron chi connectivity index (χ4n) is 0.441. The van der Waals surface area contributed by atoms with Crippen molar-refractivity contribution in [3.8, 4) is 0 Å². The van der Waals surface area contributed by atoms with Gasteiger partial charge in [-0.15, -0.1) is 9.93 Å². The molecule has 0 aromatic carbocycles. The first-order chi connectivity index (χ1) is 3.92. The van der Waals surface area contributed by atoms with E-state index in [1.807, 2.05) is 12.5 Å². The summed E-state index contributed by atoms with van der Waals surface area (Å²) >= 11 is 0. The molecule has 1 nitrogen and oxygen atoms in total. The van der Waals surface area contributed by atoms with E-state index in [1.54, 1.807) is 0 Å². The summed E-state index contributed by atoms with van der Waals surface area (Å²) in [5.74, 6) is 2.10.